The molecule has 0 unspecified atom stereocenters. The molecule has 1 saturated heterocycles. The van der Waals surface area contributed by atoms with E-state index in [-0.39, 0.29) is 11.7 Å². The van der Waals surface area contributed by atoms with Crippen LogP contribution in [0, 0.1) is 0 Å². The zero-order chi connectivity index (χ0) is 25.9. The van der Waals surface area contributed by atoms with Crippen LogP contribution in [0.2, 0.25) is 5.02 Å². The van der Waals surface area contributed by atoms with Crippen molar-refractivity contribution in [2.24, 2.45) is 0 Å². The summed E-state index contributed by atoms with van der Waals surface area (Å²) in [5, 5.41) is 17.3. The highest BCUT2D eigenvalue weighted by Gasteiger charge is 2.35. The van der Waals surface area contributed by atoms with Gasteiger partial charge in [-0.05, 0) is 30.8 Å². The van der Waals surface area contributed by atoms with Crippen LogP contribution in [0.5, 0.6) is 0 Å². The number of aromatic nitrogens is 5. The molecule has 0 radical (unpaired) electrons. The van der Waals surface area contributed by atoms with Gasteiger partial charge in [0.05, 0.1) is 22.8 Å². The average Bonchev–Trinajstić information content (AvgIpc) is 3.56. The van der Waals surface area contributed by atoms with Crippen molar-refractivity contribution in [2.75, 3.05) is 36.9 Å². The molecule has 37 heavy (non-hydrogen) atoms. The molecule has 16 heteroatoms. The Morgan fingerprint density at radius 3 is 2.76 bits per heavy atom. The second kappa shape index (κ2) is 11.0. The van der Waals surface area contributed by atoms with Crippen LogP contribution < -0.4 is 20.9 Å². The number of nitrogens with one attached hydrogen (secondary N) is 3. The highest BCUT2D eigenvalue weighted by atomic mass is 35.5. The maximum Gasteiger partial charge on any atom is 0.314 e. The molecule has 3 aromatic rings. The molecule has 5 heterocycles. The first-order valence-electron chi connectivity index (χ1n) is 11.5. The maximum atomic E-state index is 13.2. The number of rotatable bonds is 5. The Balaban J connectivity index is 1.28. The van der Waals surface area contributed by atoms with Gasteiger partial charge in [-0.1, -0.05) is 21.2 Å². The third-order valence-electron chi connectivity index (χ3n) is 6.10. The second-order valence-corrected chi connectivity index (χ2v) is 11.0. The molecule has 0 aliphatic carbocycles. The van der Waals surface area contributed by atoms with Gasteiger partial charge in [-0.15, -0.1) is 11.3 Å². The summed E-state index contributed by atoms with van der Waals surface area (Å²) in [5.41, 5.74) is 0.954. The van der Waals surface area contributed by atoms with Gasteiger partial charge >= 0.3 is 11.8 Å². The van der Waals surface area contributed by atoms with Gasteiger partial charge in [0.1, 0.15) is 5.82 Å². The topological polar surface area (TPSA) is 158 Å². The molecule has 3 N–H and O–H groups in total. The van der Waals surface area contributed by atoms with Crippen LogP contribution >= 0.6 is 34.5 Å². The van der Waals surface area contributed by atoms with E-state index in [2.05, 4.69) is 45.6 Å². The van der Waals surface area contributed by atoms with Crippen LogP contribution in [0.1, 0.15) is 26.8 Å². The van der Waals surface area contributed by atoms with E-state index >= 15 is 0 Å². The third-order valence-corrected chi connectivity index (χ3v) is 8.06. The van der Waals surface area contributed by atoms with Gasteiger partial charge in [0.25, 0.3) is 5.91 Å². The van der Waals surface area contributed by atoms with Crippen molar-refractivity contribution in [2.45, 2.75) is 31.5 Å². The van der Waals surface area contributed by atoms with E-state index in [9.17, 15) is 14.4 Å². The number of piperidine rings is 1. The normalized spacial score (nSPS) is 19.7. The fraction of sp³-hybridized carbons (Fsp3) is 0.429. The predicted octanol–water partition coefficient (Wildman–Crippen LogP) is 0.558. The Morgan fingerprint density at radius 1 is 1.14 bits per heavy atom. The fourth-order valence-corrected chi connectivity index (χ4v) is 5.91. The Morgan fingerprint density at radius 2 is 2.00 bits per heavy atom. The monoisotopic (exact) mass is 562 g/mol. The molecule has 2 atom stereocenters. The molecule has 2 aliphatic heterocycles. The van der Waals surface area contributed by atoms with Crippen molar-refractivity contribution < 1.29 is 14.4 Å². The molecule has 194 valence electrons. The van der Waals surface area contributed by atoms with Gasteiger partial charge in [-0.25, -0.2) is 9.97 Å². The Labute approximate surface area is 224 Å². The molecule has 0 saturated carbocycles. The molecule has 0 bridgehead atoms. The van der Waals surface area contributed by atoms with Crippen LogP contribution in [-0.4, -0.2) is 86.2 Å². The number of carbonyl (C=O) groups is 3. The second-order valence-electron chi connectivity index (χ2n) is 8.73. The third kappa shape index (κ3) is 6.01. The lowest BCUT2D eigenvalue weighted by molar-refractivity contribution is -0.136. The van der Waals surface area contributed by atoms with Gasteiger partial charge < -0.3 is 25.8 Å². The number of amides is 3. The average molecular weight is 563 g/mol. The van der Waals surface area contributed by atoms with Crippen LogP contribution in [-0.2, 0) is 22.6 Å². The van der Waals surface area contributed by atoms with Gasteiger partial charge in [0.2, 0.25) is 5.13 Å². The molecule has 0 aromatic carbocycles. The molecule has 0 spiro atoms. The van der Waals surface area contributed by atoms with E-state index in [1.807, 2.05) is 11.9 Å². The first kappa shape index (κ1) is 25.4. The highest BCUT2D eigenvalue weighted by Crippen LogP contribution is 2.25. The van der Waals surface area contributed by atoms with Gasteiger partial charge in [0, 0.05) is 55.2 Å². The summed E-state index contributed by atoms with van der Waals surface area (Å²) in [6, 6.07) is 2.04. The minimum atomic E-state index is -0.868. The van der Waals surface area contributed by atoms with Crippen molar-refractivity contribution in [3.63, 3.8) is 0 Å². The summed E-state index contributed by atoms with van der Waals surface area (Å²) >= 11 is 8.34. The van der Waals surface area contributed by atoms with Gasteiger partial charge in [0.15, 0.2) is 5.01 Å². The lowest BCUT2D eigenvalue weighted by Crippen LogP contribution is -2.61. The molecule has 3 amide bonds. The van der Waals surface area contributed by atoms with Gasteiger partial charge in [-0.3, -0.25) is 14.4 Å². The van der Waals surface area contributed by atoms with E-state index in [0.29, 0.717) is 34.7 Å². The summed E-state index contributed by atoms with van der Waals surface area (Å²) in [5.74, 6) is -1.82. The number of hydrogen-bond acceptors (Lipinski definition) is 12. The lowest BCUT2D eigenvalue weighted by atomic mass is 9.99. The first-order chi connectivity index (χ1) is 17.9. The van der Waals surface area contributed by atoms with Crippen molar-refractivity contribution in [3.8, 4) is 0 Å². The largest absolute Gasteiger partial charge is 0.343 e. The number of thiazole rings is 1. The zero-order valence-corrected chi connectivity index (χ0v) is 22.1. The molecular weight excluding hydrogens is 540 g/mol. The number of nitrogens with zero attached hydrogens (tertiary/aromatic N) is 7. The van der Waals surface area contributed by atoms with E-state index in [0.717, 1.165) is 41.6 Å². The Hall–Kier alpha value is -3.27. The summed E-state index contributed by atoms with van der Waals surface area (Å²) in [4.78, 5) is 52.1. The minimum absolute atomic E-state index is 0.200. The van der Waals surface area contributed by atoms with E-state index in [4.69, 9.17) is 11.6 Å². The summed E-state index contributed by atoms with van der Waals surface area (Å²) in [6.45, 7) is 2.54. The molecule has 2 aliphatic rings. The lowest BCUT2D eigenvalue weighted by Gasteiger charge is -2.38. The predicted molar refractivity (Wildman–Crippen MR) is 138 cm³/mol. The molecule has 1 fully saturated rings. The van der Waals surface area contributed by atoms with Crippen molar-refractivity contribution in [1.82, 2.24) is 40.3 Å². The SMILES string of the molecule is CN1CCc2nc(C(=O)N[C@@H]3CN(c4nnns4)CC[C@@H]3NC(=O)C(=O)Nc3ccc(Cl)cn3)sc2C1. The number of anilines is 2. The van der Waals surface area contributed by atoms with Gasteiger partial charge in [-0.2, -0.15) is 0 Å². The smallest absolute Gasteiger partial charge is 0.314 e. The molecule has 5 rings (SSSR count). The number of pyridine rings is 1. The van der Waals surface area contributed by atoms with Crippen molar-refractivity contribution in [1.29, 1.82) is 0 Å². The number of hydrogen-bond donors (Lipinski definition) is 3. The fourth-order valence-electron chi connectivity index (χ4n) is 4.20. The minimum Gasteiger partial charge on any atom is -0.343 e. The number of likely N-dealkylation sites (N-methyl/N-ethyl adjacent to an activating group) is 1. The number of carbonyl (C=O) groups excluding carboxylic acids is 3. The quantitative estimate of drug-likeness (QED) is 0.375. The van der Waals surface area contributed by atoms with Crippen molar-refractivity contribution >= 4 is 63.1 Å². The standard InChI is InChI=1S/C21H23ClN10O3S2/c1-31-6-4-13-15(10-31)36-20(26-13)19(35)25-14-9-32(21-28-29-30-37-21)7-5-12(14)24-17(33)18(34)27-16-3-2-11(22)8-23-16/h2-3,8,12,14H,4-7,9-10H2,1H3,(H,24,33)(H,25,35)(H,23,27,34)/t12-,14+/m0/s1. The first-order valence-corrected chi connectivity index (χ1v) is 13.4. The van der Waals surface area contributed by atoms with Crippen molar-refractivity contribution in [3.05, 3.63) is 38.9 Å². The highest BCUT2D eigenvalue weighted by molar-refractivity contribution is 7.13. The summed E-state index contributed by atoms with van der Waals surface area (Å²) in [6.07, 6.45) is 2.63. The van der Waals surface area contributed by atoms with E-state index in [1.165, 1.54) is 23.6 Å². The summed E-state index contributed by atoms with van der Waals surface area (Å²) in [7, 11) is 2.04. The van der Waals surface area contributed by atoms with Crippen LogP contribution in [0.3, 0.4) is 0 Å². The molecule has 3 aromatic heterocycles. The molecule has 13 nitrogen and oxygen atoms in total. The van der Waals surface area contributed by atoms with Crippen LogP contribution in [0.25, 0.3) is 0 Å². The maximum absolute atomic E-state index is 13.2. The number of fused-ring (bicyclic) bond motifs is 1. The zero-order valence-electron chi connectivity index (χ0n) is 19.7. The van der Waals surface area contributed by atoms with Crippen LogP contribution in [0.4, 0.5) is 10.9 Å². The Kier molecular flexibility index (Phi) is 7.55. The van der Waals surface area contributed by atoms with E-state index in [1.54, 1.807) is 6.07 Å². The number of halogens is 1. The summed E-state index contributed by atoms with van der Waals surface area (Å²) < 4.78 is 3.81. The Bertz CT molecular complexity index is 1290. The van der Waals surface area contributed by atoms with E-state index < -0.39 is 23.9 Å². The molecular formula is C21H23ClN10O3S2. The van der Waals surface area contributed by atoms with Crippen LogP contribution in [0.15, 0.2) is 18.3 Å².